The summed E-state index contributed by atoms with van der Waals surface area (Å²) in [6.45, 7) is 4.96. The van der Waals surface area contributed by atoms with Gasteiger partial charge in [-0.15, -0.1) is 0 Å². The molecule has 2 rings (SSSR count). The molecular weight excluding hydrogens is 262 g/mol. The number of carbonyl (C=O) groups excluding carboxylic acids is 1. The maximum absolute atomic E-state index is 12.5. The van der Waals surface area contributed by atoms with E-state index in [1.165, 1.54) is 5.56 Å². The van der Waals surface area contributed by atoms with Gasteiger partial charge in [-0.25, -0.2) is 4.98 Å². The molecule has 0 atom stereocenters. The molecule has 1 N–H and O–H groups in total. The van der Waals surface area contributed by atoms with Crippen LogP contribution in [0.3, 0.4) is 0 Å². The smallest absolute Gasteiger partial charge is 0.258 e. The first-order valence-corrected chi connectivity index (χ1v) is 7.16. The normalized spacial score (nSPS) is 10.2. The van der Waals surface area contributed by atoms with Crippen molar-refractivity contribution in [2.45, 2.75) is 20.3 Å². The highest BCUT2D eigenvalue weighted by Gasteiger charge is 2.14. The van der Waals surface area contributed by atoms with Gasteiger partial charge in [-0.3, -0.25) is 4.79 Å². The quantitative estimate of drug-likeness (QED) is 0.913. The van der Waals surface area contributed by atoms with Crippen molar-refractivity contribution in [2.24, 2.45) is 0 Å². The fourth-order valence-corrected chi connectivity index (χ4v) is 1.99. The Hall–Kier alpha value is -2.36. The number of hydrogen-bond acceptors (Lipinski definition) is 3. The SMILES string of the molecule is CCCNc1cc(C(=O)N(C)c2ccc(C)cc2)ccn1. The van der Waals surface area contributed by atoms with Gasteiger partial charge in [-0.1, -0.05) is 24.6 Å². The monoisotopic (exact) mass is 283 g/mol. The van der Waals surface area contributed by atoms with Crippen molar-refractivity contribution in [3.63, 3.8) is 0 Å². The van der Waals surface area contributed by atoms with Crippen LogP contribution >= 0.6 is 0 Å². The van der Waals surface area contributed by atoms with E-state index in [-0.39, 0.29) is 5.91 Å². The molecule has 0 aliphatic rings. The van der Waals surface area contributed by atoms with Crippen molar-refractivity contribution >= 4 is 17.4 Å². The molecule has 110 valence electrons. The zero-order valence-electron chi connectivity index (χ0n) is 12.8. The molecule has 0 spiro atoms. The summed E-state index contributed by atoms with van der Waals surface area (Å²) >= 11 is 0. The Kier molecular flexibility index (Phi) is 4.93. The number of hydrogen-bond donors (Lipinski definition) is 1. The second-order valence-corrected chi connectivity index (χ2v) is 5.06. The van der Waals surface area contributed by atoms with Crippen LogP contribution in [0.15, 0.2) is 42.6 Å². The van der Waals surface area contributed by atoms with Gasteiger partial charge in [0.2, 0.25) is 0 Å². The summed E-state index contributed by atoms with van der Waals surface area (Å²) < 4.78 is 0. The highest BCUT2D eigenvalue weighted by atomic mass is 16.2. The topological polar surface area (TPSA) is 45.2 Å². The zero-order valence-corrected chi connectivity index (χ0v) is 12.8. The number of carbonyl (C=O) groups is 1. The number of aromatic nitrogens is 1. The summed E-state index contributed by atoms with van der Waals surface area (Å²) in [6.07, 6.45) is 2.68. The van der Waals surface area contributed by atoms with Crippen molar-refractivity contribution in [3.05, 3.63) is 53.7 Å². The van der Waals surface area contributed by atoms with Crippen molar-refractivity contribution in [1.29, 1.82) is 0 Å². The fraction of sp³-hybridized carbons (Fsp3) is 0.294. The minimum atomic E-state index is -0.0409. The molecule has 4 heteroatoms. The second-order valence-electron chi connectivity index (χ2n) is 5.06. The largest absolute Gasteiger partial charge is 0.370 e. The summed E-state index contributed by atoms with van der Waals surface area (Å²) in [5.74, 6) is 0.695. The standard InChI is InChI=1S/C17H21N3O/c1-4-10-18-16-12-14(9-11-19-16)17(21)20(3)15-7-5-13(2)6-8-15/h5-9,11-12H,4,10H2,1-3H3,(H,18,19). The maximum atomic E-state index is 12.5. The van der Waals surface area contributed by atoms with Crippen LogP contribution < -0.4 is 10.2 Å². The molecular formula is C17H21N3O. The number of benzene rings is 1. The maximum Gasteiger partial charge on any atom is 0.258 e. The molecule has 1 amide bonds. The molecule has 0 fully saturated rings. The van der Waals surface area contributed by atoms with E-state index < -0.39 is 0 Å². The number of nitrogens with one attached hydrogen (secondary N) is 1. The van der Waals surface area contributed by atoms with Crippen molar-refractivity contribution in [2.75, 3.05) is 23.8 Å². The van der Waals surface area contributed by atoms with E-state index in [2.05, 4.69) is 17.2 Å². The van der Waals surface area contributed by atoms with E-state index in [9.17, 15) is 4.79 Å². The number of rotatable bonds is 5. The van der Waals surface area contributed by atoms with Gasteiger partial charge < -0.3 is 10.2 Å². The average Bonchev–Trinajstić information content (AvgIpc) is 2.52. The first kappa shape index (κ1) is 15.0. The first-order chi connectivity index (χ1) is 10.1. The first-order valence-electron chi connectivity index (χ1n) is 7.16. The van der Waals surface area contributed by atoms with E-state index in [1.807, 2.05) is 31.2 Å². The summed E-state index contributed by atoms with van der Waals surface area (Å²) in [5.41, 5.74) is 2.69. The number of nitrogens with zero attached hydrogens (tertiary/aromatic N) is 2. The van der Waals surface area contributed by atoms with Gasteiger partial charge in [0.05, 0.1) is 0 Å². The van der Waals surface area contributed by atoms with Gasteiger partial charge in [0.1, 0.15) is 5.82 Å². The lowest BCUT2D eigenvalue weighted by Gasteiger charge is -2.18. The van der Waals surface area contributed by atoms with Crippen LogP contribution in [-0.2, 0) is 0 Å². The van der Waals surface area contributed by atoms with E-state index in [0.717, 1.165) is 24.5 Å². The molecule has 0 unspecified atom stereocenters. The second kappa shape index (κ2) is 6.88. The third-order valence-electron chi connectivity index (χ3n) is 3.29. The molecule has 1 aromatic carbocycles. The van der Waals surface area contributed by atoms with Crippen LogP contribution in [0.4, 0.5) is 11.5 Å². The van der Waals surface area contributed by atoms with E-state index in [1.54, 1.807) is 30.3 Å². The molecule has 0 aliphatic carbocycles. The number of anilines is 2. The van der Waals surface area contributed by atoms with Crippen molar-refractivity contribution in [1.82, 2.24) is 4.98 Å². The lowest BCUT2D eigenvalue weighted by Crippen LogP contribution is -2.26. The lowest BCUT2D eigenvalue weighted by atomic mass is 10.2. The molecule has 2 aromatic rings. The van der Waals surface area contributed by atoms with Crippen LogP contribution in [0.1, 0.15) is 29.3 Å². The molecule has 4 nitrogen and oxygen atoms in total. The molecule has 21 heavy (non-hydrogen) atoms. The summed E-state index contributed by atoms with van der Waals surface area (Å²) in [7, 11) is 1.78. The third-order valence-corrected chi connectivity index (χ3v) is 3.29. The fourth-order valence-electron chi connectivity index (χ4n) is 1.99. The Labute approximate surface area is 125 Å². The van der Waals surface area contributed by atoms with Gasteiger partial charge in [-0.2, -0.15) is 0 Å². The Morgan fingerprint density at radius 2 is 1.95 bits per heavy atom. The summed E-state index contributed by atoms with van der Waals surface area (Å²) in [4.78, 5) is 18.4. The van der Waals surface area contributed by atoms with Crippen LogP contribution in [0.5, 0.6) is 0 Å². The molecule has 0 saturated carbocycles. The van der Waals surface area contributed by atoms with Crippen molar-refractivity contribution < 1.29 is 4.79 Å². The Morgan fingerprint density at radius 3 is 2.62 bits per heavy atom. The Bertz CT molecular complexity index is 608. The van der Waals surface area contributed by atoms with Crippen LogP contribution in [0.2, 0.25) is 0 Å². The van der Waals surface area contributed by atoms with E-state index >= 15 is 0 Å². The molecule has 1 heterocycles. The molecule has 0 aliphatic heterocycles. The molecule has 0 bridgehead atoms. The van der Waals surface area contributed by atoms with E-state index in [4.69, 9.17) is 0 Å². The minimum Gasteiger partial charge on any atom is -0.370 e. The van der Waals surface area contributed by atoms with Gasteiger partial charge in [0.15, 0.2) is 0 Å². The van der Waals surface area contributed by atoms with Gasteiger partial charge in [-0.05, 0) is 37.6 Å². The highest BCUT2D eigenvalue weighted by molar-refractivity contribution is 6.06. The average molecular weight is 283 g/mol. The van der Waals surface area contributed by atoms with Crippen LogP contribution in [0.25, 0.3) is 0 Å². The highest BCUT2D eigenvalue weighted by Crippen LogP contribution is 2.17. The van der Waals surface area contributed by atoms with Crippen LogP contribution in [-0.4, -0.2) is 24.5 Å². The summed E-state index contributed by atoms with van der Waals surface area (Å²) in [6, 6.07) is 11.4. The third kappa shape index (κ3) is 3.81. The van der Waals surface area contributed by atoms with Gasteiger partial charge in [0.25, 0.3) is 5.91 Å². The molecule has 1 aromatic heterocycles. The molecule has 0 radical (unpaired) electrons. The number of amides is 1. The lowest BCUT2D eigenvalue weighted by molar-refractivity contribution is 0.0993. The summed E-state index contributed by atoms with van der Waals surface area (Å²) in [5, 5.41) is 3.19. The van der Waals surface area contributed by atoms with Crippen LogP contribution in [0, 0.1) is 6.92 Å². The minimum absolute atomic E-state index is 0.0409. The Balaban J connectivity index is 2.17. The van der Waals surface area contributed by atoms with Gasteiger partial charge >= 0.3 is 0 Å². The predicted molar refractivity (Wildman–Crippen MR) is 86.9 cm³/mol. The van der Waals surface area contributed by atoms with Gasteiger partial charge in [0, 0.05) is 31.0 Å². The molecule has 0 saturated heterocycles. The number of aryl methyl sites for hydroxylation is 1. The zero-order chi connectivity index (χ0) is 15.2. The Morgan fingerprint density at radius 1 is 1.24 bits per heavy atom. The number of pyridine rings is 1. The van der Waals surface area contributed by atoms with Crippen molar-refractivity contribution in [3.8, 4) is 0 Å². The predicted octanol–water partition coefficient (Wildman–Crippen LogP) is 3.49. The van der Waals surface area contributed by atoms with E-state index in [0.29, 0.717) is 5.56 Å².